The zero-order valence-corrected chi connectivity index (χ0v) is 10.2. The molecular formula is C11H25BO2. The van der Waals surface area contributed by atoms with E-state index in [0.717, 1.165) is 19.2 Å². The first-order valence-electron chi connectivity index (χ1n) is 5.92. The Morgan fingerprint density at radius 2 is 1.86 bits per heavy atom. The highest BCUT2D eigenvalue weighted by Gasteiger charge is 2.17. The van der Waals surface area contributed by atoms with E-state index in [9.17, 15) is 0 Å². The van der Waals surface area contributed by atoms with E-state index < -0.39 is 0 Å². The van der Waals surface area contributed by atoms with E-state index in [1.165, 1.54) is 19.3 Å². The normalized spacial score (nSPS) is 12.9. The lowest BCUT2D eigenvalue weighted by atomic mass is 9.83. The Morgan fingerprint density at radius 3 is 2.36 bits per heavy atom. The molecule has 3 heteroatoms. The minimum atomic E-state index is -0.00312. The summed E-state index contributed by atoms with van der Waals surface area (Å²) in [5, 5.41) is 0. The Bertz CT molecular complexity index is 120. The topological polar surface area (TPSA) is 18.5 Å². The standard InChI is InChI=1S/C11H25BO2/c1-5-7-8-9-11(3)14-12(13-4)10-6-2/h11H,5-10H2,1-4H3. The molecule has 0 radical (unpaired) electrons. The average molecular weight is 200 g/mol. The highest BCUT2D eigenvalue weighted by molar-refractivity contribution is 6.44. The van der Waals surface area contributed by atoms with Gasteiger partial charge in [0.2, 0.25) is 0 Å². The van der Waals surface area contributed by atoms with Crippen molar-refractivity contribution in [1.82, 2.24) is 0 Å². The van der Waals surface area contributed by atoms with Crippen LogP contribution in [0.4, 0.5) is 0 Å². The van der Waals surface area contributed by atoms with Gasteiger partial charge >= 0.3 is 7.12 Å². The lowest BCUT2D eigenvalue weighted by molar-refractivity contribution is 0.154. The average Bonchev–Trinajstić information content (AvgIpc) is 2.17. The molecular weight excluding hydrogens is 175 g/mol. The van der Waals surface area contributed by atoms with Gasteiger partial charge in [0, 0.05) is 13.2 Å². The highest BCUT2D eigenvalue weighted by Crippen LogP contribution is 2.10. The summed E-state index contributed by atoms with van der Waals surface area (Å²) in [6.45, 7) is 6.51. The van der Waals surface area contributed by atoms with Crippen LogP contribution in [0.2, 0.25) is 6.32 Å². The molecule has 0 aromatic carbocycles. The second-order valence-corrected chi connectivity index (χ2v) is 3.90. The molecule has 0 saturated heterocycles. The van der Waals surface area contributed by atoms with Gasteiger partial charge in [-0.3, -0.25) is 0 Å². The monoisotopic (exact) mass is 200 g/mol. The third-order valence-corrected chi connectivity index (χ3v) is 2.39. The number of unbranched alkanes of at least 4 members (excludes halogenated alkanes) is 2. The molecule has 0 aromatic rings. The van der Waals surface area contributed by atoms with Crippen LogP contribution in [0.15, 0.2) is 0 Å². The fourth-order valence-corrected chi connectivity index (χ4v) is 1.49. The van der Waals surface area contributed by atoms with Crippen LogP contribution in [0.5, 0.6) is 0 Å². The Kier molecular flexibility index (Phi) is 9.53. The zero-order valence-electron chi connectivity index (χ0n) is 10.2. The van der Waals surface area contributed by atoms with Crippen LogP contribution in [-0.2, 0) is 9.31 Å². The minimum Gasteiger partial charge on any atom is -0.414 e. The summed E-state index contributed by atoms with van der Waals surface area (Å²) in [5.74, 6) is 0. The predicted molar refractivity (Wildman–Crippen MR) is 62.6 cm³/mol. The lowest BCUT2D eigenvalue weighted by Gasteiger charge is -2.17. The third-order valence-electron chi connectivity index (χ3n) is 2.39. The molecule has 84 valence electrons. The Balaban J connectivity index is 3.51. The van der Waals surface area contributed by atoms with Crippen LogP contribution in [0.1, 0.15) is 52.9 Å². The van der Waals surface area contributed by atoms with Gasteiger partial charge in [-0.1, -0.05) is 39.5 Å². The van der Waals surface area contributed by atoms with E-state index in [4.69, 9.17) is 9.31 Å². The fourth-order valence-electron chi connectivity index (χ4n) is 1.49. The molecule has 0 saturated carbocycles. The smallest absolute Gasteiger partial charge is 0.414 e. The van der Waals surface area contributed by atoms with Gasteiger partial charge in [-0.15, -0.1) is 0 Å². The van der Waals surface area contributed by atoms with Crippen LogP contribution in [0.25, 0.3) is 0 Å². The molecule has 0 aliphatic carbocycles. The van der Waals surface area contributed by atoms with E-state index in [1.54, 1.807) is 7.11 Å². The molecule has 1 unspecified atom stereocenters. The second kappa shape index (κ2) is 9.54. The highest BCUT2D eigenvalue weighted by atomic mass is 16.6. The fraction of sp³-hybridized carbons (Fsp3) is 1.00. The van der Waals surface area contributed by atoms with E-state index >= 15 is 0 Å². The Morgan fingerprint density at radius 1 is 1.14 bits per heavy atom. The van der Waals surface area contributed by atoms with Gasteiger partial charge in [-0.2, -0.15) is 0 Å². The van der Waals surface area contributed by atoms with Crippen LogP contribution in [0, 0.1) is 0 Å². The summed E-state index contributed by atoms with van der Waals surface area (Å²) >= 11 is 0. The summed E-state index contributed by atoms with van der Waals surface area (Å²) in [5.41, 5.74) is 0. The molecule has 0 aliphatic rings. The maximum atomic E-state index is 5.76. The first-order chi connectivity index (χ1) is 6.74. The van der Waals surface area contributed by atoms with Crippen molar-refractivity contribution in [2.75, 3.05) is 7.11 Å². The zero-order chi connectivity index (χ0) is 10.8. The Labute approximate surface area is 89.5 Å². The molecule has 14 heavy (non-hydrogen) atoms. The lowest BCUT2D eigenvalue weighted by Crippen LogP contribution is -2.26. The summed E-state index contributed by atoms with van der Waals surface area (Å²) < 4.78 is 11.0. The summed E-state index contributed by atoms with van der Waals surface area (Å²) in [6, 6.07) is 0. The van der Waals surface area contributed by atoms with Gasteiger partial charge in [0.15, 0.2) is 0 Å². The van der Waals surface area contributed by atoms with Crippen molar-refractivity contribution in [2.45, 2.75) is 65.3 Å². The van der Waals surface area contributed by atoms with Gasteiger partial charge in [-0.25, -0.2) is 0 Å². The minimum absolute atomic E-state index is 0.00312. The van der Waals surface area contributed by atoms with E-state index in [0.29, 0.717) is 6.10 Å². The SMILES string of the molecule is CCCCCC(C)OB(CCC)OC. The van der Waals surface area contributed by atoms with Crippen molar-refractivity contribution in [1.29, 1.82) is 0 Å². The van der Waals surface area contributed by atoms with Crippen molar-refractivity contribution in [3.63, 3.8) is 0 Å². The summed E-state index contributed by atoms with van der Waals surface area (Å²) in [7, 11) is 1.72. The van der Waals surface area contributed by atoms with Crippen LogP contribution < -0.4 is 0 Å². The van der Waals surface area contributed by atoms with Crippen molar-refractivity contribution in [3.8, 4) is 0 Å². The van der Waals surface area contributed by atoms with Crippen molar-refractivity contribution in [2.24, 2.45) is 0 Å². The maximum Gasteiger partial charge on any atom is 0.456 e. The molecule has 0 heterocycles. The molecule has 0 aromatic heterocycles. The Hall–Kier alpha value is -0.0151. The van der Waals surface area contributed by atoms with E-state index in [1.807, 2.05) is 0 Å². The van der Waals surface area contributed by atoms with Gasteiger partial charge in [0.25, 0.3) is 0 Å². The number of rotatable bonds is 9. The molecule has 0 rings (SSSR count). The quantitative estimate of drug-likeness (QED) is 0.418. The summed E-state index contributed by atoms with van der Waals surface area (Å²) in [6.07, 6.45) is 7.43. The second-order valence-electron chi connectivity index (χ2n) is 3.90. The van der Waals surface area contributed by atoms with Crippen molar-refractivity contribution in [3.05, 3.63) is 0 Å². The van der Waals surface area contributed by atoms with Crippen molar-refractivity contribution < 1.29 is 9.31 Å². The molecule has 2 nitrogen and oxygen atoms in total. The molecule has 0 aliphatic heterocycles. The van der Waals surface area contributed by atoms with E-state index in [-0.39, 0.29) is 7.12 Å². The third kappa shape index (κ3) is 7.39. The summed E-state index contributed by atoms with van der Waals surface area (Å²) in [4.78, 5) is 0. The molecule has 0 spiro atoms. The molecule has 1 atom stereocenters. The molecule has 0 N–H and O–H groups in total. The molecule has 0 amide bonds. The number of hydrogen-bond acceptors (Lipinski definition) is 2. The first kappa shape index (κ1) is 14.0. The van der Waals surface area contributed by atoms with Gasteiger partial charge < -0.3 is 9.31 Å². The van der Waals surface area contributed by atoms with Gasteiger partial charge in [0.05, 0.1) is 0 Å². The van der Waals surface area contributed by atoms with Crippen LogP contribution in [0.3, 0.4) is 0 Å². The van der Waals surface area contributed by atoms with Crippen LogP contribution >= 0.6 is 0 Å². The predicted octanol–water partition coefficient (Wildman–Crippen LogP) is 3.52. The molecule has 0 bridgehead atoms. The molecule has 0 fully saturated rings. The first-order valence-corrected chi connectivity index (χ1v) is 5.92. The maximum absolute atomic E-state index is 5.76. The largest absolute Gasteiger partial charge is 0.456 e. The van der Waals surface area contributed by atoms with Crippen molar-refractivity contribution >= 4 is 7.12 Å². The van der Waals surface area contributed by atoms with E-state index in [2.05, 4.69) is 20.8 Å². The number of hydrogen-bond donors (Lipinski definition) is 0. The van der Waals surface area contributed by atoms with Crippen LogP contribution in [-0.4, -0.2) is 20.3 Å². The van der Waals surface area contributed by atoms with Gasteiger partial charge in [-0.05, 0) is 19.7 Å². The van der Waals surface area contributed by atoms with Gasteiger partial charge in [0.1, 0.15) is 0 Å².